The molecular formula is C21H31IN4O2S. The van der Waals surface area contributed by atoms with E-state index in [1.165, 1.54) is 34.8 Å². The Bertz CT molecular complexity index is 786. The van der Waals surface area contributed by atoms with Gasteiger partial charge in [0.25, 0.3) is 0 Å². The Labute approximate surface area is 194 Å². The highest BCUT2D eigenvalue weighted by molar-refractivity contribution is 14.0. The topological polar surface area (TPSA) is 67.8 Å². The van der Waals surface area contributed by atoms with Crippen molar-refractivity contribution in [3.05, 3.63) is 33.8 Å². The molecule has 160 valence electrons. The number of benzene rings is 1. The Balaban J connectivity index is 0.00000300. The maximum absolute atomic E-state index is 5.37. The molecule has 0 radical (unpaired) electrons. The van der Waals surface area contributed by atoms with Gasteiger partial charge in [-0.05, 0) is 51.2 Å². The number of methoxy groups -OCH3 is 2. The van der Waals surface area contributed by atoms with Gasteiger partial charge < -0.3 is 20.1 Å². The molecule has 0 unspecified atom stereocenters. The second kappa shape index (κ2) is 12.2. The van der Waals surface area contributed by atoms with Crippen molar-refractivity contribution in [2.75, 3.05) is 32.6 Å². The molecule has 6 nitrogen and oxygen atoms in total. The SMILES string of the molecule is CCNC(=NCCCc1nc2c(s1)CCCC2)Nc1ccc(OC)c(OC)c1.I. The molecule has 0 saturated heterocycles. The van der Waals surface area contributed by atoms with Crippen LogP contribution in [0.4, 0.5) is 5.69 Å². The summed E-state index contributed by atoms with van der Waals surface area (Å²) in [4.78, 5) is 11.0. The minimum Gasteiger partial charge on any atom is -0.493 e. The van der Waals surface area contributed by atoms with Crippen LogP contribution < -0.4 is 20.1 Å². The van der Waals surface area contributed by atoms with Gasteiger partial charge in [-0.25, -0.2) is 4.98 Å². The molecular weight excluding hydrogens is 499 g/mol. The number of nitrogens with zero attached hydrogens (tertiary/aromatic N) is 2. The molecule has 0 bridgehead atoms. The van der Waals surface area contributed by atoms with Gasteiger partial charge in [-0.2, -0.15) is 0 Å². The standard InChI is InChI=1S/C21H30N4O2S.HI/c1-4-22-21(24-15-11-12-17(26-2)18(14-15)27-3)23-13-7-10-20-25-16-8-5-6-9-19(16)28-20;/h11-12,14H,4-10,13H2,1-3H3,(H2,22,23,24);1H. The Morgan fingerprint density at radius 2 is 1.97 bits per heavy atom. The Morgan fingerprint density at radius 3 is 2.69 bits per heavy atom. The largest absolute Gasteiger partial charge is 0.493 e. The summed E-state index contributed by atoms with van der Waals surface area (Å²) in [7, 11) is 3.27. The molecule has 2 N–H and O–H groups in total. The van der Waals surface area contributed by atoms with Crippen molar-refractivity contribution in [1.29, 1.82) is 0 Å². The van der Waals surface area contributed by atoms with Crippen LogP contribution in [0.1, 0.15) is 41.8 Å². The summed E-state index contributed by atoms with van der Waals surface area (Å²) in [5.74, 6) is 2.17. The molecule has 2 aromatic rings. The van der Waals surface area contributed by atoms with Crippen LogP contribution in [0.2, 0.25) is 0 Å². The zero-order chi connectivity index (χ0) is 19.8. The number of fused-ring (bicyclic) bond motifs is 1. The van der Waals surface area contributed by atoms with Crippen molar-refractivity contribution in [2.45, 2.75) is 45.4 Å². The van der Waals surface area contributed by atoms with E-state index in [1.807, 2.05) is 29.5 Å². The summed E-state index contributed by atoms with van der Waals surface area (Å²) in [6, 6.07) is 5.75. The van der Waals surface area contributed by atoms with Gasteiger partial charge in [0, 0.05) is 36.1 Å². The van der Waals surface area contributed by atoms with Gasteiger partial charge in [0.15, 0.2) is 17.5 Å². The average molecular weight is 530 g/mol. The number of thiazole rings is 1. The van der Waals surface area contributed by atoms with Crippen molar-refractivity contribution in [2.24, 2.45) is 4.99 Å². The van der Waals surface area contributed by atoms with Crippen LogP contribution >= 0.6 is 35.3 Å². The lowest BCUT2D eigenvalue weighted by atomic mass is 10.0. The van der Waals surface area contributed by atoms with Crippen LogP contribution in [0, 0.1) is 0 Å². The second-order valence-electron chi connectivity index (χ2n) is 6.74. The van der Waals surface area contributed by atoms with Crippen molar-refractivity contribution in [1.82, 2.24) is 10.3 Å². The van der Waals surface area contributed by atoms with E-state index in [4.69, 9.17) is 19.5 Å². The minimum absolute atomic E-state index is 0. The van der Waals surface area contributed by atoms with Crippen LogP contribution in [-0.2, 0) is 19.3 Å². The summed E-state index contributed by atoms with van der Waals surface area (Å²) in [5, 5.41) is 7.89. The first-order valence-corrected chi connectivity index (χ1v) is 10.8. The Morgan fingerprint density at radius 1 is 1.17 bits per heavy atom. The van der Waals surface area contributed by atoms with Crippen molar-refractivity contribution >= 4 is 47.0 Å². The van der Waals surface area contributed by atoms with Crippen molar-refractivity contribution < 1.29 is 9.47 Å². The fourth-order valence-electron chi connectivity index (χ4n) is 3.29. The fourth-order valence-corrected chi connectivity index (χ4v) is 4.49. The van der Waals surface area contributed by atoms with E-state index < -0.39 is 0 Å². The average Bonchev–Trinajstić information content (AvgIpc) is 3.14. The van der Waals surface area contributed by atoms with Gasteiger partial charge >= 0.3 is 0 Å². The van der Waals surface area contributed by atoms with E-state index >= 15 is 0 Å². The molecule has 1 aromatic heterocycles. The molecule has 1 aliphatic carbocycles. The van der Waals surface area contributed by atoms with Crippen LogP contribution in [0.5, 0.6) is 11.5 Å². The Hall–Kier alpha value is -1.55. The molecule has 1 aromatic carbocycles. The molecule has 0 amide bonds. The van der Waals surface area contributed by atoms with E-state index in [9.17, 15) is 0 Å². The normalized spacial score (nSPS) is 13.3. The molecule has 8 heteroatoms. The molecule has 0 aliphatic heterocycles. The highest BCUT2D eigenvalue weighted by Crippen LogP contribution is 2.30. The molecule has 0 atom stereocenters. The third-order valence-corrected chi connectivity index (χ3v) is 5.92. The van der Waals surface area contributed by atoms with E-state index in [0.29, 0.717) is 11.5 Å². The zero-order valence-corrected chi connectivity index (χ0v) is 20.6. The number of ether oxygens (including phenoxy) is 2. The first-order valence-electron chi connectivity index (χ1n) is 9.98. The highest BCUT2D eigenvalue weighted by Gasteiger charge is 2.14. The summed E-state index contributed by atoms with van der Waals surface area (Å²) in [5.41, 5.74) is 2.25. The molecule has 0 spiro atoms. The number of aryl methyl sites for hydroxylation is 3. The fraction of sp³-hybridized carbons (Fsp3) is 0.524. The second-order valence-corrected chi connectivity index (χ2v) is 7.91. The minimum atomic E-state index is 0. The van der Waals surface area contributed by atoms with Crippen LogP contribution in [0.15, 0.2) is 23.2 Å². The predicted octanol–water partition coefficient (Wildman–Crippen LogP) is 4.67. The van der Waals surface area contributed by atoms with Gasteiger partial charge in [-0.15, -0.1) is 35.3 Å². The number of hydrogen-bond acceptors (Lipinski definition) is 5. The molecule has 1 aliphatic rings. The monoisotopic (exact) mass is 530 g/mol. The molecule has 0 saturated carbocycles. The third-order valence-electron chi connectivity index (χ3n) is 4.70. The van der Waals surface area contributed by atoms with E-state index in [0.717, 1.165) is 44.0 Å². The number of halogens is 1. The summed E-state index contributed by atoms with van der Waals surface area (Å²) in [6.07, 6.45) is 6.96. The van der Waals surface area contributed by atoms with Gasteiger partial charge in [0.2, 0.25) is 0 Å². The van der Waals surface area contributed by atoms with Gasteiger partial charge in [-0.3, -0.25) is 4.99 Å². The summed E-state index contributed by atoms with van der Waals surface area (Å²) in [6.45, 7) is 3.62. The number of aliphatic imine (C=N–C) groups is 1. The van der Waals surface area contributed by atoms with Gasteiger partial charge in [-0.1, -0.05) is 0 Å². The van der Waals surface area contributed by atoms with Gasteiger partial charge in [0.1, 0.15) is 0 Å². The summed E-state index contributed by atoms with van der Waals surface area (Å²) >= 11 is 1.90. The maximum atomic E-state index is 5.37. The van der Waals surface area contributed by atoms with Crippen LogP contribution in [0.3, 0.4) is 0 Å². The Kier molecular flexibility index (Phi) is 9.99. The smallest absolute Gasteiger partial charge is 0.195 e. The number of rotatable bonds is 8. The molecule has 0 fully saturated rings. The van der Waals surface area contributed by atoms with Crippen molar-refractivity contribution in [3.63, 3.8) is 0 Å². The molecule has 1 heterocycles. The first-order chi connectivity index (χ1) is 13.7. The molecule has 3 rings (SSSR count). The lowest BCUT2D eigenvalue weighted by Crippen LogP contribution is -2.30. The van der Waals surface area contributed by atoms with Crippen molar-refractivity contribution in [3.8, 4) is 11.5 Å². The van der Waals surface area contributed by atoms with E-state index in [1.54, 1.807) is 14.2 Å². The van der Waals surface area contributed by atoms with E-state index in [2.05, 4.69) is 17.6 Å². The lowest BCUT2D eigenvalue weighted by molar-refractivity contribution is 0.355. The first kappa shape index (κ1) is 23.7. The van der Waals surface area contributed by atoms with Gasteiger partial charge in [0.05, 0.1) is 24.9 Å². The summed E-state index contributed by atoms with van der Waals surface area (Å²) < 4.78 is 10.7. The maximum Gasteiger partial charge on any atom is 0.195 e. The number of guanidine groups is 1. The predicted molar refractivity (Wildman–Crippen MR) is 132 cm³/mol. The highest BCUT2D eigenvalue weighted by atomic mass is 127. The zero-order valence-electron chi connectivity index (χ0n) is 17.4. The molecule has 29 heavy (non-hydrogen) atoms. The quantitative estimate of drug-likeness (QED) is 0.225. The number of aromatic nitrogens is 1. The van der Waals surface area contributed by atoms with E-state index in [-0.39, 0.29) is 24.0 Å². The number of nitrogens with one attached hydrogen (secondary N) is 2. The van der Waals surface area contributed by atoms with Crippen LogP contribution in [0.25, 0.3) is 0 Å². The number of anilines is 1. The third kappa shape index (κ3) is 6.74. The van der Waals surface area contributed by atoms with Crippen LogP contribution in [-0.4, -0.2) is 38.3 Å². The lowest BCUT2D eigenvalue weighted by Gasteiger charge is -2.13. The number of hydrogen-bond donors (Lipinski definition) is 2.